The van der Waals surface area contributed by atoms with Crippen molar-refractivity contribution in [1.82, 2.24) is 15.2 Å². The van der Waals surface area contributed by atoms with Gasteiger partial charge in [-0.25, -0.2) is 12.8 Å². The van der Waals surface area contributed by atoms with E-state index in [1.807, 2.05) is 0 Å². The van der Waals surface area contributed by atoms with E-state index < -0.39 is 51.3 Å². The molecule has 2 atom stereocenters. The van der Waals surface area contributed by atoms with Crippen LogP contribution in [0.25, 0.3) is 0 Å². The molecule has 1 N–H and O–H groups in total. The molecule has 188 valence electrons. The van der Waals surface area contributed by atoms with E-state index >= 15 is 0 Å². The minimum absolute atomic E-state index is 0.0140. The highest BCUT2D eigenvalue weighted by molar-refractivity contribution is 7.90. The van der Waals surface area contributed by atoms with Gasteiger partial charge in [-0.3, -0.25) is 14.6 Å². The Morgan fingerprint density at radius 1 is 1.14 bits per heavy atom. The Hall–Kier alpha value is -3.02. The van der Waals surface area contributed by atoms with Crippen LogP contribution in [0.15, 0.2) is 41.6 Å². The van der Waals surface area contributed by atoms with Crippen LogP contribution in [-0.2, 0) is 20.8 Å². The molecule has 2 amide bonds. The van der Waals surface area contributed by atoms with E-state index in [2.05, 4.69) is 10.3 Å². The summed E-state index contributed by atoms with van der Waals surface area (Å²) in [5.41, 5.74) is -1.13. The van der Waals surface area contributed by atoms with Crippen molar-refractivity contribution in [3.05, 3.63) is 59.2 Å². The van der Waals surface area contributed by atoms with Crippen molar-refractivity contribution in [1.29, 1.82) is 0 Å². The van der Waals surface area contributed by atoms with Crippen molar-refractivity contribution in [3.8, 4) is 0 Å². The van der Waals surface area contributed by atoms with E-state index in [0.717, 1.165) is 24.6 Å². The Morgan fingerprint density at radius 3 is 2.46 bits per heavy atom. The molecule has 1 aliphatic heterocycles. The molecule has 2 heterocycles. The van der Waals surface area contributed by atoms with Gasteiger partial charge in [-0.2, -0.15) is 13.2 Å². The quantitative estimate of drug-likeness (QED) is 0.597. The summed E-state index contributed by atoms with van der Waals surface area (Å²) in [5.74, 6) is -2.28. The Labute approximate surface area is 199 Å². The molecule has 1 aliphatic carbocycles. The lowest BCUT2D eigenvalue weighted by Crippen LogP contribution is -2.47. The van der Waals surface area contributed by atoms with Crippen molar-refractivity contribution in [3.63, 3.8) is 0 Å². The summed E-state index contributed by atoms with van der Waals surface area (Å²) in [5, 5.41) is 2.74. The molecule has 0 spiro atoms. The number of aromatic nitrogens is 1. The third kappa shape index (κ3) is 5.47. The summed E-state index contributed by atoms with van der Waals surface area (Å²) in [7, 11) is -3.60. The minimum atomic E-state index is -4.69. The largest absolute Gasteiger partial charge is 0.416 e. The number of rotatable bonds is 6. The molecular weight excluding hydrogens is 490 g/mol. The zero-order valence-electron chi connectivity index (χ0n) is 18.7. The molecule has 2 aromatic rings. The molecule has 1 saturated heterocycles. The van der Waals surface area contributed by atoms with E-state index in [9.17, 15) is 35.6 Å². The number of likely N-dealkylation sites (tertiary alicyclic amines) is 1. The highest BCUT2D eigenvalue weighted by Crippen LogP contribution is 2.43. The van der Waals surface area contributed by atoms with E-state index in [-0.39, 0.29) is 28.5 Å². The second-order valence-corrected chi connectivity index (χ2v) is 10.9. The Bertz CT molecular complexity index is 1260. The maximum atomic E-state index is 14.6. The van der Waals surface area contributed by atoms with Gasteiger partial charge in [0.1, 0.15) is 11.9 Å². The van der Waals surface area contributed by atoms with Gasteiger partial charge in [0.25, 0.3) is 5.91 Å². The summed E-state index contributed by atoms with van der Waals surface area (Å²) in [6, 6.07) is 1.74. The summed E-state index contributed by atoms with van der Waals surface area (Å²) in [6.07, 6.45) is 0.864. The van der Waals surface area contributed by atoms with Crippen LogP contribution >= 0.6 is 0 Å². The number of carbonyl (C=O) groups excluding carboxylic acids is 2. The molecule has 7 nitrogen and oxygen atoms in total. The number of alkyl halides is 3. The summed E-state index contributed by atoms with van der Waals surface area (Å²) in [6.45, 7) is 0.253. The molecule has 2 fully saturated rings. The standard InChI is InChI=1S/C23H23F4N3O4S/c1-35(33,34)16-9-14(11-28-12-16)22(32)30-8-2-3-19(30)21(31)29-20(13-4-5-13)17-7-6-15(10-18(17)24)23(25,26)27/h6-7,9-13,19-20H,2-5,8H2,1H3,(H,29,31)/t19-,20?/m1/s1. The smallest absolute Gasteiger partial charge is 0.347 e. The van der Waals surface area contributed by atoms with Crippen molar-refractivity contribution < 1.29 is 35.6 Å². The Morgan fingerprint density at radius 2 is 1.86 bits per heavy atom. The molecule has 4 rings (SSSR count). The number of halogens is 4. The SMILES string of the molecule is CS(=O)(=O)c1cncc(C(=O)N2CCC[C@@H]2C(=O)NC(c2ccc(C(F)(F)F)cc2F)C2CC2)c1. The van der Waals surface area contributed by atoms with Gasteiger partial charge >= 0.3 is 6.18 Å². The maximum absolute atomic E-state index is 14.6. The van der Waals surface area contributed by atoms with E-state index in [1.54, 1.807) is 0 Å². The fourth-order valence-electron chi connectivity index (χ4n) is 4.27. The lowest BCUT2D eigenvalue weighted by molar-refractivity contribution is -0.137. The first-order chi connectivity index (χ1) is 16.4. The molecule has 2 aliphatic rings. The number of nitrogens with zero attached hydrogens (tertiary/aromatic N) is 2. The van der Waals surface area contributed by atoms with Crippen LogP contribution in [0.3, 0.4) is 0 Å². The van der Waals surface area contributed by atoms with Gasteiger partial charge < -0.3 is 10.2 Å². The maximum Gasteiger partial charge on any atom is 0.416 e. The average molecular weight is 514 g/mol. The van der Waals surface area contributed by atoms with E-state index in [1.165, 1.54) is 17.2 Å². The molecule has 1 aromatic carbocycles. The number of nitrogens with one attached hydrogen (secondary N) is 1. The fourth-order valence-corrected chi connectivity index (χ4v) is 4.86. The predicted octanol–water partition coefficient (Wildman–Crippen LogP) is 3.52. The second-order valence-electron chi connectivity index (χ2n) is 8.90. The molecule has 1 unspecified atom stereocenters. The fraction of sp³-hybridized carbons (Fsp3) is 0.435. The van der Waals surface area contributed by atoms with Gasteiger partial charge in [-0.15, -0.1) is 0 Å². The predicted molar refractivity (Wildman–Crippen MR) is 116 cm³/mol. The van der Waals surface area contributed by atoms with Gasteiger partial charge in [0.2, 0.25) is 5.91 Å². The lowest BCUT2D eigenvalue weighted by Gasteiger charge is -2.27. The number of sulfone groups is 1. The van der Waals surface area contributed by atoms with Gasteiger partial charge in [0.05, 0.1) is 22.1 Å². The van der Waals surface area contributed by atoms with Crippen molar-refractivity contribution in [2.45, 2.75) is 48.8 Å². The molecule has 0 bridgehead atoms. The zero-order valence-corrected chi connectivity index (χ0v) is 19.5. The summed E-state index contributed by atoms with van der Waals surface area (Å²) < 4.78 is 77.0. The third-order valence-corrected chi connectivity index (χ3v) is 7.34. The first-order valence-corrected chi connectivity index (χ1v) is 12.9. The number of hydrogen-bond acceptors (Lipinski definition) is 5. The zero-order chi connectivity index (χ0) is 25.5. The van der Waals surface area contributed by atoms with Crippen LogP contribution in [0.1, 0.15) is 53.2 Å². The number of hydrogen-bond donors (Lipinski definition) is 1. The molecule has 1 saturated carbocycles. The molecule has 35 heavy (non-hydrogen) atoms. The normalized spacial score (nSPS) is 19.5. The minimum Gasteiger partial charge on any atom is -0.347 e. The van der Waals surface area contributed by atoms with Crippen LogP contribution < -0.4 is 5.32 Å². The van der Waals surface area contributed by atoms with E-state index in [4.69, 9.17) is 0 Å². The summed E-state index contributed by atoms with van der Waals surface area (Å²) in [4.78, 5) is 31.2. The summed E-state index contributed by atoms with van der Waals surface area (Å²) >= 11 is 0. The van der Waals surface area contributed by atoms with Crippen molar-refractivity contribution >= 4 is 21.7 Å². The van der Waals surface area contributed by atoms with Gasteiger partial charge in [0.15, 0.2) is 9.84 Å². The van der Waals surface area contributed by atoms with Gasteiger partial charge in [-0.1, -0.05) is 6.07 Å². The van der Waals surface area contributed by atoms with Crippen LogP contribution in [0, 0.1) is 11.7 Å². The number of benzene rings is 1. The molecule has 0 radical (unpaired) electrons. The Balaban J connectivity index is 1.54. The molecular formula is C23H23F4N3O4S. The van der Waals surface area contributed by atoms with Crippen LogP contribution in [0.5, 0.6) is 0 Å². The number of carbonyl (C=O) groups is 2. The monoisotopic (exact) mass is 513 g/mol. The lowest BCUT2D eigenvalue weighted by atomic mass is 9.99. The topological polar surface area (TPSA) is 96.4 Å². The second kappa shape index (κ2) is 9.21. The molecule has 1 aromatic heterocycles. The highest BCUT2D eigenvalue weighted by atomic mass is 32.2. The first kappa shape index (κ1) is 25.1. The van der Waals surface area contributed by atoms with Crippen LogP contribution in [-0.4, -0.2) is 49.0 Å². The third-order valence-electron chi connectivity index (χ3n) is 6.26. The number of amides is 2. The van der Waals surface area contributed by atoms with Crippen LogP contribution in [0.4, 0.5) is 17.6 Å². The highest BCUT2D eigenvalue weighted by Gasteiger charge is 2.40. The van der Waals surface area contributed by atoms with E-state index in [0.29, 0.717) is 31.7 Å². The number of pyridine rings is 1. The Kier molecular flexibility index (Phi) is 6.60. The molecule has 12 heteroatoms. The first-order valence-electron chi connectivity index (χ1n) is 11.0. The average Bonchev–Trinajstić information content (AvgIpc) is 3.51. The van der Waals surface area contributed by atoms with Crippen LogP contribution in [0.2, 0.25) is 0 Å². The van der Waals surface area contributed by atoms with Gasteiger partial charge in [-0.05, 0) is 49.8 Å². The van der Waals surface area contributed by atoms with Crippen molar-refractivity contribution in [2.24, 2.45) is 5.92 Å². The van der Waals surface area contributed by atoms with Crippen molar-refractivity contribution in [2.75, 3.05) is 12.8 Å². The van der Waals surface area contributed by atoms with Gasteiger partial charge in [0, 0.05) is 30.8 Å².